The molecule has 1 rings (SSSR count). The van der Waals surface area contributed by atoms with Crippen LogP contribution in [-0.4, -0.2) is 24.8 Å². The molecule has 0 aromatic heterocycles. The molecule has 1 aliphatic rings. The number of hydrogen-bond donors (Lipinski definition) is 1. The van der Waals surface area contributed by atoms with Crippen LogP contribution in [0.1, 0.15) is 53.4 Å². The first-order valence-electron chi connectivity index (χ1n) is 6.45. The molecule has 0 radical (unpaired) electrons. The average molecular weight is 213 g/mol. The van der Waals surface area contributed by atoms with Gasteiger partial charge in [0, 0.05) is 19.2 Å². The molecule has 2 unspecified atom stereocenters. The molecule has 0 aliphatic heterocycles. The van der Waals surface area contributed by atoms with E-state index in [0.29, 0.717) is 6.04 Å². The van der Waals surface area contributed by atoms with Crippen LogP contribution < -0.4 is 5.32 Å². The highest BCUT2D eigenvalue weighted by atomic mass is 16.5. The molecule has 2 nitrogen and oxygen atoms in total. The van der Waals surface area contributed by atoms with Crippen LogP contribution >= 0.6 is 0 Å². The average Bonchev–Trinajstić information content (AvgIpc) is 2.15. The van der Waals surface area contributed by atoms with E-state index in [2.05, 4.69) is 33.0 Å². The summed E-state index contributed by atoms with van der Waals surface area (Å²) in [6, 6.07) is 0.555. The lowest BCUT2D eigenvalue weighted by Crippen LogP contribution is -2.48. The van der Waals surface area contributed by atoms with E-state index >= 15 is 0 Å². The lowest BCUT2D eigenvalue weighted by atomic mass is 9.78. The Labute approximate surface area is 94.8 Å². The molecule has 1 aliphatic carbocycles. The fraction of sp³-hybridized carbons (Fsp3) is 1.00. The van der Waals surface area contributed by atoms with Gasteiger partial charge in [-0.3, -0.25) is 0 Å². The highest BCUT2D eigenvalue weighted by Crippen LogP contribution is 2.34. The summed E-state index contributed by atoms with van der Waals surface area (Å²) in [6.07, 6.45) is 5.14. The molecule has 2 atom stereocenters. The third kappa shape index (κ3) is 4.12. The van der Waals surface area contributed by atoms with Gasteiger partial charge in [-0.2, -0.15) is 0 Å². The number of rotatable bonds is 5. The molecule has 15 heavy (non-hydrogen) atoms. The van der Waals surface area contributed by atoms with E-state index in [4.69, 9.17) is 4.74 Å². The van der Waals surface area contributed by atoms with Crippen molar-refractivity contribution in [3.63, 3.8) is 0 Å². The molecule has 2 heteroatoms. The first kappa shape index (κ1) is 13.0. The van der Waals surface area contributed by atoms with Crippen LogP contribution in [0, 0.1) is 5.92 Å². The molecular weight excluding hydrogens is 186 g/mol. The maximum atomic E-state index is 6.03. The van der Waals surface area contributed by atoms with Crippen LogP contribution in [0.4, 0.5) is 0 Å². The third-order valence-corrected chi connectivity index (χ3v) is 3.33. The van der Waals surface area contributed by atoms with Crippen molar-refractivity contribution in [1.82, 2.24) is 5.32 Å². The van der Waals surface area contributed by atoms with Gasteiger partial charge in [-0.25, -0.2) is 0 Å². The van der Waals surface area contributed by atoms with Crippen LogP contribution in [0.2, 0.25) is 0 Å². The zero-order chi connectivity index (χ0) is 11.3. The Balaban J connectivity index is 2.52. The van der Waals surface area contributed by atoms with Crippen molar-refractivity contribution in [3.05, 3.63) is 0 Å². The number of ether oxygens (including phenoxy) is 1. The Morgan fingerprint density at radius 3 is 2.73 bits per heavy atom. The lowest BCUT2D eigenvalue weighted by Gasteiger charge is -2.40. The Bertz CT molecular complexity index is 177. The Kier molecular flexibility index (Phi) is 5.07. The minimum absolute atomic E-state index is 0.122. The summed E-state index contributed by atoms with van der Waals surface area (Å²) in [4.78, 5) is 0. The summed E-state index contributed by atoms with van der Waals surface area (Å²) in [5.41, 5.74) is 0.122. The fourth-order valence-corrected chi connectivity index (χ4v) is 2.65. The molecule has 1 N–H and O–H groups in total. The molecule has 0 aromatic rings. The van der Waals surface area contributed by atoms with Crippen molar-refractivity contribution in [1.29, 1.82) is 0 Å². The van der Waals surface area contributed by atoms with E-state index in [1.807, 2.05) is 0 Å². The third-order valence-electron chi connectivity index (χ3n) is 3.33. The molecule has 1 fully saturated rings. The van der Waals surface area contributed by atoms with E-state index in [0.717, 1.165) is 19.1 Å². The van der Waals surface area contributed by atoms with Crippen LogP contribution in [0.5, 0.6) is 0 Å². The summed E-state index contributed by atoms with van der Waals surface area (Å²) < 4.78 is 6.03. The van der Waals surface area contributed by atoms with Crippen LogP contribution in [0.3, 0.4) is 0 Å². The first-order chi connectivity index (χ1) is 7.08. The van der Waals surface area contributed by atoms with Crippen molar-refractivity contribution < 1.29 is 4.74 Å². The van der Waals surface area contributed by atoms with Gasteiger partial charge >= 0.3 is 0 Å². The van der Waals surface area contributed by atoms with Crippen LogP contribution in [-0.2, 0) is 4.74 Å². The van der Waals surface area contributed by atoms with Crippen LogP contribution in [0.25, 0.3) is 0 Å². The molecule has 0 heterocycles. The number of nitrogens with one attached hydrogen (secondary N) is 1. The minimum atomic E-state index is 0.122. The van der Waals surface area contributed by atoms with E-state index < -0.39 is 0 Å². The monoisotopic (exact) mass is 213 g/mol. The standard InChI is InChI=1S/C13H27NO/c1-5-15-13(10-14-11(2)3)8-6-7-12(4)9-13/h11-12,14H,5-10H2,1-4H3. The smallest absolute Gasteiger partial charge is 0.0808 e. The molecule has 0 amide bonds. The Morgan fingerprint density at radius 1 is 1.47 bits per heavy atom. The molecule has 0 bridgehead atoms. The second kappa shape index (κ2) is 5.86. The minimum Gasteiger partial charge on any atom is -0.374 e. The van der Waals surface area contributed by atoms with Crippen molar-refractivity contribution in [2.24, 2.45) is 5.92 Å². The summed E-state index contributed by atoms with van der Waals surface area (Å²) in [7, 11) is 0. The van der Waals surface area contributed by atoms with Gasteiger partial charge in [-0.15, -0.1) is 0 Å². The molecule has 90 valence electrons. The highest BCUT2D eigenvalue weighted by molar-refractivity contribution is 4.89. The molecule has 0 spiro atoms. The van der Waals surface area contributed by atoms with E-state index in [1.54, 1.807) is 0 Å². The predicted octanol–water partition coefficient (Wildman–Crippen LogP) is 2.97. The Morgan fingerprint density at radius 2 is 2.20 bits per heavy atom. The van der Waals surface area contributed by atoms with Crippen molar-refractivity contribution in [2.45, 2.75) is 65.0 Å². The zero-order valence-corrected chi connectivity index (χ0v) is 10.8. The van der Waals surface area contributed by atoms with Gasteiger partial charge in [0.05, 0.1) is 5.60 Å². The second-order valence-electron chi connectivity index (χ2n) is 5.35. The van der Waals surface area contributed by atoms with E-state index in [1.165, 1.54) is 25.7 Å². The van der Waals surface area contributed by atoms with Crippen molar-refractivity contribution in [3.8, 4) is 0 Å². The second-order valence-corrected chi connectivity index (χ2v) is 5.35. The summed E-state index contributed by atoms with van der Waals surface area (Å²) in [6.45, 7) is 10.7. The predicted molar refractivity (Wildman–Crippen MR) is 65.1 cm³/mol. The van der Waals surface area contributed by atoms with Gasteiger partial charge in [0.1, 0.15) is 0 Å². The SMILES string of the molecule is CCOC1(CNC(C)C)CCCC(C)C1. The van der Waals surface area contributed by atoms with E-state index in [-0.39, 0.29) is 5.60 Å². The molecular formula is C13H27NO. The molecule has 0 aromatic carbocycles. The zero-order valence-electron chi connectivity index (χ0n) is 10.8. The molecule has 1 saturated carbocycles. The maximum Gasteiger partial charge on any atom is 0.0808 e. The van der Waals surface area contributed by atoms with Gasteiger partial charge in [0.2, 0.25) is 0 Å². The summed E-state index contributed by atoms with van der Waals surface area (Å²) in [5, 5.41) is 3.54. The summed E-state index contributed by atoms with van der Waals surface area (Å²) in [5.74, 6) is 0.819. The highest BCUT2D eigenvalue weighted by Gasteiger charge is 2.35. The van der Waals surface area contributed by atoms with Gasteiger partial charge in [-0.1, -0.05) is 33.6 Å². The van der Waals surface area contributed by atoms with Gasteiger partial charge < -0.3 is 10.1 Å². The van der Waals surface area contributed by atoms with Gasteiger partial charge in [0.15, 0.2) is 0 Å². The van der Waals surface area contributed by atoms with Crippen LogP contribution in [0.15, 0.2) is 0 Å². The quantitative estimate of drug-likeness (QED) is 0.758. The first-order valence-corrected chi connectivity index (χ1v) is 6.45. The largest absolute Gasteiger partial charge is 0.374 e. The van der Waals surface area contributed by atoms with Gasteiger partial charge in [0.25, 0.3) is 0 Å². The van der Waals surface area contributed by atoms with Crippen molar-refractivity contribution in [2.75, 3.05) is 13.2 Å². The lowest BCUT2D eigenvalue weighted by molar-refractivity contribution is -0.0750. The maximum absolute atomic E-state index is 6.03. The fourth-order valence-electron chi connectivity index (χ4n) is 2.65. The molecule has 0 saturated heterocycles. The summed E-state index contributed by atoms with van der Waals surface area (Å²) >= 11 is 0. The normalized spacial score (nSPS) is 32.2. The number of hydrogen-bond acceptors (Lipinski definition) is 2. The topological polar surface area (TPSA) is 21.3 Å². The Hall–Kier alpha value is -0.0800. The van der Waals surface area contributed by atoms with Crippen molar-refractivity contribution >= 4 is 0 Å². The van der Waals surface area contributed by atoms with Gasteiger partial charge in [-0.05, 0) is 25.7 Å². The van der Waals surface area contributed by atoms with E-state index in [9.17, 15) is 0 Å².